The van der Waals surface area contributed by atoms with Crippen molar-refractivity contribution < 1.29 is 9.53 Å². The van der Waals surface area contributed by atoms with Gasteiger partial charge in [-0.25, -0.2) is 15.0 Å². The van der Waals surface area contributed by atoms with E-state index in [4.69, 9.17) is 4.74 Å². The predicted octanol–water partition coefficient (Wildman–Crippen LogP) is 4.13. The average molecular weight is 457 g/mol. The first-order valence-electron chi connectivity index (χ1n) is 11.4. The van der Waals surface area contributed by atoms with Gasteiger partial charge in [-0.2, -0.15) is 0 Å². The van der Waals surface area contributed by atoms with Crippen molar-refractivity contribution in [3.05, 3.63) is 72.6 Å². The normalized spacial score (nSPS) is 16.4. The molecule has 1 aliphatic heterocycles. The third-order valence-corrected chi connectivity index (χ3v) is 6.12. The molecule has 174 valence electrons. The molecular weight excluding hydrogens is 428 g/mol. The molecule has 2 N–H and O–H groups in total. The number of morpholine rings is 1. The Labute approximate surface area is 198 Å². The number of carbonyl (C=O) groups is 1. The third-order valence-electron chi connectivity index (χ3n) is 6.12. The van der Waals surface area contributed by atoms with Crippen molar-refractivity contribution in [2.45, 2.75) is 32.4 Å². The lowest BCUT2D eigenvalue weighted by Gasteiger charge is -2.39. The maximum absolute atomic E-state index is 12.6. The van der Waals surface area contributed by atoms with Gasteiger partial charge in [-0.1, -0.05) is 30.3 Å². The number of pyridine rings is 1. The molecule has 8 heteroatoms. The topological polar surface area (TPSA) is 96.0 Å². The monoisotopic (exact) mass is 456 g/mol. The predicted molar refractivity (Wildman–Crippen MR) is 132 cm³/mol. The number of benzene rings is 1. The number of fused-ring (bicyclic) bond motifs is 1. The molecule has 1 fully saturated rings. The number of carbonyl (C=O) groups excluding carboxylic acids is 1. The average Bonchev–Trinajstić information content (AvgIpc) is 3.27. The summed E-state index contributed by atoms with van der Waals surface area (Å²) in [5.41, 5.74) is 4.44. The van der Waals surface area contributed by atoms with Gasteiger partial charge in [0.2, 0.25) is 5.82 Å². The second-order valence-electron chi connectivity index (χ2n) is 9.22. The SMILES string of the molecule is CC(NC(=O)c1ncc(-c2c[nH]c3ncc(N4CCOC(C)(C)C4)cc23)cn1)c1ccccc1. The van der Waals surface area contributed by atoms with Crippen LogP contribution in [-0.4, -0.2) is 51.1 Å². The Balaban J connectivity index is 1.36. The molecule has 4 heterocycles. The highest BCUT2D eigenvalue weighted by Gasteiger charge is 2.27. The van der Waals surface area contributed by atoms with E-state index in [9.17, 15) is 4.79 Å². The van der Waals surface area contributed by atoms with E-state index in [1.54, 1.807) is 12.4 Å². The zero-order chi connectivity index (χ0) is 23.7. The van der Waals surface area contributed by atoms with Gasteiger partial charge >= 0.3 is 0 Å². The van der Waals surface area contributed by atoms with Gasteiger partial charge in [0.25, 0.3) is 5.91 Å². The smallest absolute Gasteiger partial charge is 0.289 e. The molecule has 1 saturated heterocycles. The minimum Gasteiger partial charge on any atom is -0.372 e. The summed E-state index contributed by atoms with van der Waals surface area (Å²) in [6.07, 6.45) is 7.16. The number of aromatic nitrogens is 4. The van der Waals surface area contributed by atoms with Gasteiger partial charge in [-0.05, 0) is 32.4 Å². The summed E-state index contributed by atoms with van der Waals surface area (Å²) in [4.78, 5) is 31.4. The van der Waals surface area contributed by atoms with Gasteiger partial charge in [0.1, 0.15) is 5.65 Å². The van der Waals surface area contributed by atoms with Crippen molar-refractivity contribution >= 4 is 22.6 Å². The van der Waals surface area contributed by atoms with Crippen LogP contribution in [0.4, 0.5) is 5.69 Å². The molecule has 0 bridgehead atoms. The fourth-order valence-electron chi connectivity index (χ4n) is 4.31. The largest absolute Gasteiger partial charge is 0.372 e. The Morgan fingerprint density at radius 1 is 1.15 bits per heavy atom. The second-order valence-corrected chi connectivity index (χ2v) is 9.22. The number of anilines is 1. The molecule has 3 aromatic heterocycles. The summed E-state index contributed by atoms with van der Waals surface area (Å²) < 4.78 is 5.84. The fourth-order valence-corrected chi connectivity index (χ4v) is 4.31. The van der Waals surface area contributed by atoms with Crippen LogP contribution in [0.5, 0.6) is 0 Å². The number of aromatic amines is 1. The summed E-state index contributed by atoms with van der Waals surface area (Å²) in [7, 11) is 0. The number of ether oxygens (including phenoxy) is 1. The van der Waals surface area contributed by atoms with E-state index in [-0.39, 0.29) is 23.4 Å². The summed E-state index contributed by atoms with van der Waals surface area (Å²) in [5.74, 6) is -0.165. The molecule has 5 rings (SSSR count). The number of hydrogen-bond donors (Lipinski definition) is 2. The van der Waals surface area contributed by atoms with Crippen molar-refractivity contribution in [1.82, 2.24) is 25.3 Å². The molecule has 0 spiro atoms. The molecule has 1 atom stereocenters. The summed E-state index contributed by atoms with van der Waals surface area (Å²) in [5, 5.41) is 3.94. The Morgan fingerprint density at radius 3 is 2.65 bits per heavy atom. The van der Waals surface area contributed by atoms with E-state index in [0.29, 0.717) is 6.61 Å². The number of rotatable bonds is 5. The van der Waals surface area contributed by atoms with E-state index in [0.717, 1.165) is 46.5 Å². The highest BCUT2D eigenvalue weighted by atomic mass is 16.5. The second kappa shape index (κ2) is 8.87. The van der Waals surface area contributed by atoms with E-state index in [1.165, 1.54) is 0 Å². The lowest BCUT2D eigenvalue weighted by atomic mass is 10.1. The number of hydrogen-bond acceptors (Lipinski definition) is 6. The first-order valence-corrected chi connectivity index (χ1v) is 11.4. The minimum atomic E-state index is -0.305. The molecule has 4 aromatic rings. The molecule has 1 amide bonds. The van der Waals surface area contributed by atoms with Crippen molar-refractivity contribution in [2.75, 3.05) is 24.6 Å². The van der Waals surface area contributed by atoms with Crippen LogP contribution in [0, 0.1) is 0 Å². The van der Waals surface area contributed by atoms with Crippen LogP contribution in [0.25, 0.3) is 22.2 Å². The Bertz CT molecular complexity index is 1300. The quantitative estimate of drug-likeness (QED) is 0.469. The first kappa shape index (κ1) is 22.0. The van der Waals surface area contributed by atoms with Gasteiger partial charge in [-0.15, -0.1) is 0 Å². The van der Waals surface area contributed by atoms with E-state index >= 15 is 0 Å². The van der Waals surface area contributed by atoms with Crippen LogP contribution in [0.3, 0.4) is 0 Å². The zero-order valence-corrected chi connectivity index (χ0v) is 19.6. The number of nitrogens with zero attached hydrogens (tertiary/aromatic N) is 4. The zero-order valence-electron chi connectivity index (χ0n) is 19.6. The lowest BCUT2D eigenvalue weighted by molar-refractivity contribution is -0.0277. The van der Waals surface area contributed by atoms with Crippen molar-refractivity contribution in [1.29, 1.82) is 0 Å². The molecule has 8 nitrogen and oxygen atoms in total. The molecule has 34 heavy (non-hydrogen) atoms. The summed E-state index contributed by atoms with van der Waals surface area (Å²) in [6, 6.07) is 11.8. The number of amides is 1. The molecule has 0 radical (unpaired) electrons. The van der Waals surface area contributed by atoms with Crippen molar-refractivity contribution in [3.8, 4) is 11.1 Å². The molecular formula is C26H28N6O2. The first-order chi connectivity index (χ1) is 16.4. The Hall–Kier alpha value is -3.78. The number of nitrogens with one attached hydrogen (secondary N) is 2. The molecule has 1 aliphatic rings. The molecule has 1 unspecified atom stereocenters. The standard InChI is InChI=1S/C26H28N6O2/c1-17(18-7-5-4-6-8-18)31-25(33)24-27-12-19(13-28-24)22-15-30-23-21(22)11-20(14-29-23)32-9-10-34-26(2,3)16-32/h4-8,11-15,17H,9-10,16H2,1-3H3,(H,29,30)(H,31,33). The minimum absolute atomic E-state index is 0.139. The maximum Gasteiger partial charge on any atom is 0.289 e. The van der Waals surface area contributed by atoms with Crippen LogP contribution < -0.4 is 10.2 Å². The summed E-state index contributed by atoms with van der Waals surface area (Å²) in [6.45, 7) is 8.45. The van der Waals surface area contributed by atoms with Crippen LogP contribution >= 0.6 is 0 Å². The maximum atomic E-state index is 12.6. The van der Waals surface area contributed by atoms with Crippen molar-refractivity contribution in [3.63, 3.8) is 0 Å². The van der Waals surface area contributed by atoms with Gasteiger partial charge < -0.3 is 19.9 Å². The van der Waals surface area contributed by atoms with E-state index in [1.807, 2.05) is 49.6 Å². The van der Waals surface area contributed by atoms with Crippen molar-refractivity contribution in [2.24, 2.45) is 0 Å². The summed E-state index contributed by atoms with van der Waals surface area (Å²) >= 11 is 0. The van der Waals surface area contributed by atoms with Crippen LogP contribution in [-0.2, 0) is 4.74 Å². The third kappa shape index (κ3) is 4.49. The lowest BCUT2D eigenvalue weighted by Crippen LogP contribution is -2.48. The Morgan fingerprint density at radius 2 is 1.91 bits per heavy atom. The van der Waals surface area contributed by atoms with Crippen LogP contribution in [0.1, 0.15) is 43.0 Å². The molecule has 0 aliphatic carbocycles. The van der Waals surface area contributed by atoms with E-state index in [2.05, 4.69) is 50.1 Å². The van der Waals surface area contributed by atoms with Gasteiger partial charge in [0, 0.05) is 48.2 Å². The van der Waals surface area contributed by atoms with Crippen LogP contribution in [0.15, 0.2) is 61.2 Å². The van der Waals surface area contributed by atoms with Gasteiger partial charge in [0.05, 0.1) is 30.1 Å². The highest BCUT2D eigenvalue weighted by Crippen LogP contribution is 2.31. The molecule has 1 aromatic carbocycles. The highest BCUT2D eigenvalue weighted by molar-refractivity contribution is 5.95. The Kier molecular flexibility index (Phi) is 5.75. The van der Waals surface area contributed by atoms with E-state index < -0.39 is 0 Å². The fraction of sp³-hybridized carbons (Fsp3) is 0.308. The van der Waals surface area contributed by atoms with Crippen LogP contribution in [0.2, 0.25) is 0 Å². The van der Waals surface area contributed by atoms with Gasteiger partial charge in [0.15, 0.2) is 0 Å². The van der Waals surface area contributed by atoms with Gasteiger partial charge in [-0.3, -0.25) is 4.79 Å². The number of H-pyrrole nitrogens is 1. The molecule has 0 saturated carbocycles.